The Hall–Kier alpha value is -2.29. The Bertz CT molecular complexity index is 956. The summed E-state index contributed by atoms with van der Waals surface area (Å²) in [6, 6.07) is 14.6. The quantitative estimate of drug-likeness (QED) is 0.421. The van der Waals surface area contributed by atoms with Gasteiger partial charge in [0.1, 0.15) is 5.75 Å². The lowest BCUT2D eigenvalue weighted by atomic mass is 9.98. The molecule has 3 rings (SSSR count). The van der Waals surface area contributed by atoms with Crippen molar-refractivity contribution in [1.29, 1.82) is 5.26 Å². The van der Waals surface area contributed by atoms with E-state index >= 15 is 0 Å². The first-order valence-corrected chi connectivity index (χ1v) is 14.0. The number of methoxy groups -OCH3 is 1. The summed E-state index contributed by atoms with van der Waals surface area (Å²) in [4.78, 5) is 2.44. The molecule has 0 atom stereocenters. The number of hydrogen-bond acceptors (Lipinski definition) is 4. The summed E-state index contributed by atoms with van der Waals surface area (Å²) >= 11 is 0. The van der Waals surface area contributed by atoms with Crippen LogP contribution in [0, 0.1) is 11.3 Å². The lowest BCUT2D eigenvalue weighted by Gasteiger charge is -2.42. The van der Waals surface area contributed by atoms with Crippen LogP contribution in [0.2, 0.25) is 16.6 Å². The van der Waals surface area contributed by atoms with Gasteiger partial charge < -0.3 is 9.16 Å². The molecule has 2 aromatic rings. The normalized spacial score (nSPS) is 14.5. The fourth-order valence-corrected chi connectivity index (χ4v) is 10.8. The third-order valence-corrected chi connectivity index (χ3v) is 13.0. The van der Waals surface area contributed by atoms with Crippen molar-refractivity contribution in [1.82, 2.24) is 4.90 Å². The van der Waals surface area contributed by atoms with Crippen LogP contribution in [-0.4, -0.2) is 26.9 Å². The fraction of sp³-hybridized carbons (Fsp3) is 0.519. The van der Waals surface area contributed by atoms with Crippen LogP contribution in [0.15, 0.2) is 36.4 Å². The van der Waals surface area contributed by atoms with Crippen molar-refractivity contribution < 1.29 is 9.16 Å². The van der Waals surface area contributed by atoms with Gasteiger partial charge in [-0.05, 0) is 64.0 Å². The fourth-order valence-electron chi connectivity index (χ4n) is 5.54. The standard InChI is InChI=1S/C27H38N2O2Si/c1-19(2)32(20(3)4,21(5)6)31-27-14-24-11-12-29(18-25(24)15-26(27)30-7)17-23-10-8-9-22(13-23)16-28/h8-10,13-15,19-21H,11-12,17-18H2,1-7H3. The maximum absolute atomic E-state index is 9.18. The first-order valence-electron chi connectivity index (χ1n) is 11.8. The van der Waals surface area contributed by atoms with Crippen LogP contribution in [0.1, 0.15) is 63.8 Å². The minimum absolute atomic E-state index is 0.517. The van der Waals surface area contributed by atoms with Crippen molar-refractivity contribution in [3.05, 3.63) is 58.7 Å². The summed E-state index contributed by atoms with van der Waals surface area (Å²) in [7, 11) is -0.310. The van der Waals surface area contributed by atoms with Gasteiger partial charge in [-0.2, -0.15) is 5.26 Å². The summed E-state index contributed by atoms with van der Waals surface area (Å²) in [5, 5.41) is 9.18. The topological polar surface area (TPSA) is 45.5 Å². The average Bonchev–Trinajstić information content (AvgIpc) is 2.76. The Morgan fingerprint density at radius 3 is 2.22 bits per heavy atom. The highest BCUT2D eigenvalue weighted by molar-refractivity contribution is 6.78. The molecule has 0 unspecified atom stereocenters. The number of rotatable bonds is 8. The molecule has 0 saturated heterocycles. The molecule has 2 aromatic carbocycles. The van der Waals surface area contributed by atoms with E-state index in [0.717, 1.165) is 43.1 Å². The number of fused-ring (bicyclic) bond motifs is 1. The van der Waals surface area contributed by atoms with Crippen molar-refractivity contribution in [3.63, 3.8) is 0 Å². The van der Waals surface area contributed by atoms with Crippen molar-refractivity contribution in [2.24, 2.45) is 0 Å². The Balaban J connectivity index is 1.86. The van der Waals surface area contributed by atoms with E-state index in [1.165, 1.54) is 16.7 Å². The molecule has 1 heterocycles. The van der Waals surface area contributed by atoms with Crippen LogP contribution in [0.4, 0.5) is 0 Å². The SMILES string of the molecule is COc1cc2c(cc1O[Si](C(C)C)(C(C)C)C(C)C)CCN(Cc1cccc(C#N)c1)C2. The molecular weight excluding hydrogens is 412 g/mol. The Labute approximate surface area is 195 Å². The summed E-state index contributed by atoms with van der Waals surface area (Å²) in [5.41, 5.74) is 6.12. The predicted octanol–water partition coefficient (Wildman–Crippen LogP) is 6.68. The summed E-state index contributed by atoms with van der Waals surface area (Å²) in [5.74, 6) is 1.76. The van der Waals surface area contributed by atoms with Gasteiger partial charge in [0, 0.05) is 19.6 Å². The van der Waals surface area contributed by atoms with Gasteiger partial charge in [-0.3, -0.25) is 4.90 Å². The highest BCUT2D eigenvalue weighted by Gasteiger charge is 2.47. The average molecular weight is 451 g/mol. The molecule has 4 nitrogen and oxygen atoms in total. The molecule has 0 bridgehead atoms. The number of ether oxygens (including phenoxy) is 1. The molecule has 5 heteroatoms. The summed E-state index contributed by atoms with van der Waals surface area (Å²) in [6.07, 6.45) is 0.993. The zero-order chi connectivity index (χ0) is 23.5. The molecule has 0 saturated carbocycles. The molecule has 0 N–H and O–H groups in total. The van der Waals surface area contributed by atoms with E-state index < -0.39 is 8.32 Å². The number of benzene rings is 2. The summed E-state index contributed by atoms with van der Waals surface area (Å²) < 4.78 is 12.8. The second-order valence-electron chi connectivity index (χ2n) is 9.96. The molecule has 0 spiro atoms. The second-order valence-corrected chi connectivity index (χ2v) is 15.3. The van der Waals surface area contributed by atoms with Crippen LogP contribution in [-0.2, 0) is 19.5 Å². The van der Waals surface area contributed by atoms with Crippen molar-refractivity contribution in [2.45, 2.75) is 77.7 Å². The molecule has 0 aliphatic carbocycles. The Morgan fingerprint density at radius 2 is 1.62 bits per heavy atom. The van der Waals surface area contributed by atoms with Crippen LogP contribution in [0.3, 0.4) is 0 Å². The Kier molecular flexibility index (Phi) is 7.69. The van der Waals surface area contributed by atoms with E-state index in [1.54, 1.807) is 7.11 Å². The number of hydrogen-bond donors (Lipinski definition) is 0. The lowest BCUT2D eigenvalue weighted by molar-refractivity contribution is 0.244. The lowest BCUT2D eigenvalue weighted by Crippen LogP contribution is -2.50. The minimum atomic E-state index is -2.05. The van der Waals surface area contributed by atoms with Gasteiger partial charge in [0.2, 0.25) is 0 Å². The molecule has 1 aliphatic rings. The van der Waals surface area contributed by atoms with Crippen LogP contribution in [0.25, 0.3) is 0 Å². The summed E-state index contributed by atoms with van der Waals surface area (Å²) in [6.45, 7) is 16.6. The molecule has 0 amide bonds. The first kappa shape index (κ1) is 24.4. The van der Waals surface area contributed by atoms with Crippen molar-refractivity contribution in [2.75, 3.05) is 13.7 Å². The molecule has 0 radical (unpaired) electrons. The highest BCUT2D eigenvalue weighted by atomic mass is 28.4. The molecule has 32 heavy (non-hydrogen) atoms. The van der Waals surface area contributed by atoms with Gasteiger partial charge in [-0.1, -0.05) is 53.7 Å². The Morgan fingerprint density at radius 1 is 0.969 bits per heavy atom. The van der Waals surface area contributed by atoms with Gasteiger partial charge >= 0.3 is 0 Å². The monoisotopic (exact) mass is 450 g/mol. The third kappa shape index (κ3) is 4.87. The van der Waals surface area contributed by atoms with E-state index in [4.69, 9.17) is 9.16 Å². The zero-order valence-electron chi connectivity index (χ0n) is 20.7. The minimum Gasteiger partial charge on any atom is -0.540 e. The zero-order valence-corrected chi connectivity index (χ0v) is 21.7. The van der Waals surface area contributed by atoms with E-state index in [9.17, 15) is 5.26 Å². The number of nitrogens with zero attached hydrogens (tertiary/aromatic N) is 2. The first-order chi connectivity index (χ1) is 15.2. The molecule has 0 aromatic heterocycles. The number of nitriles is 1. The van der Waals surface area contributed by atoms with E-state index in [2.05, 4.69) is 70.7 Å². The van der Waals surface area contributed by atoms with E-state index in [1.807, 2.05) is 18.2 Å². The largest absolute Gasteiger partial charge is 0.540 e. The highest BCUT2D eigenvalue weighted by Crippen LogP contribution is 2.45. The maximum atomic E-state index is 9.18. The molecule has 172 valence electrons. The predicted molar refractivity (Wildman–Crippen MR) is 134 cm³/mol. The van der Waals surface area contributed by atoms with Gasteiger partial charge in [0.05, 0.1) is 18.7 Å². The van der Waals surface area contributed by atoms with Crippen molar-refractivity contribution in [3.8, 4) is 17.6 Å². The third-order valence-electron chi connectivity index (χ3n) is 7.03. The van der Waals surface area contributed by atoms with Crippen LogP contribution >= 0.6 is 0 Å². The second kappa shape index (κ2) is 10.1. The van der Waals surface area contributed by atoms with Crippen molar-refractivity contribution >= 4 is 8.32 Å². The van der Waals surface area contributed by atoms with E-state index in [0.29, 0.717) is 16.6 Å². The molecular formula is C27H38N2O2Si. The smallest absolute Gasteiger partial charge is 0.258 e. The van der Waals surface area contributed by atoms with Gasteiger partial charge in [0.25, 0.3) is 8.32 Å². The van der Waals surface area contributed by atoms with Gasteiger partial charge in [-0.15, -0.1) is 0 Å². The maximum Gasteiger partial charge on any atom is 0.258 e. The van der Waals surface area contributed by atoms with Gasteiger partial charge in [-0.25, -0.2) is 0 Å². The van der Waals surface area contributed by atoms with Gasteiger partial charge in [0.15, 0.2) is 5.75 Å². The molecule has 0 fully saturated rings. The van der Waals surface area contributed by atoms with Crippen LogP contribution in [0.5, 0.6) is 11.5 Å². The van der Waals surface area contributed by atoms with Crippen LogP contribution < -0.4 is 9.16 Å². The van der Waals surface area contributed by atoms with E-state index in [-0.39, 0.29) is 0 Å². The molecule has 1 aliphatic heterocycles.